The second-order valence-electron chi connectivity index (χ2n) is 9.16. The van der Waals surface area contributed by atoms with Crippen molar-refractivity contribution in [2.24, 2.45) is 5.92 Å². The normalized spacial score (nSPS) is 22.3. The summed E-state index contributed by atoms with van der Waals surface area (Å²) in [6.45, 7) is 11.0. The number of nitrogens with zero attached hydrogens (tertiary/aromatic N) is 2. The van der Waals surface area contributed by atoms with Crippen molar-refractivity contribution in [1.82, 2.24) is 4.90 Å². The summed E-state index contributed by atoms with van der Waals surface area (Å²) in [6.07, 6.45) is 2.49. The van der Waals surface area contributed by atoms with Gasteiger partial charge >= 0.3 is 6.09 Å². The highest BCUT2D eigenvalue weighted by atomic mass is 35.5. The topological polar surface area (TPSA) is 53.3 Å². The van der Waals surface area contributed by atoms with E-state index in [-0.39, 0.29) is 23.3 Å². The molecular weight excluding hydrogens is 360 g/mol. The Morgan fingerprint density at radius 2 is 2.00 bits per heavy atom. The molecule has 5 heteroatoms. The molecule has 2 aliphatic rings. The second kappa shape index (κ2) is 7.02. The van der Waals surface area contributed by atoms with E-state index in [0.29, 0.717) is 13.1 Å². The third-order valence-electron chi connectivity index (χ3n) is 6.09. The fourth-order valence-corrected chi connectivity index (χ4v) is 4.73. The lowest BCUT2D eigenvalue weighted by Crippen LogP contribution is -2.46. The highest BCUT2D eigenvalue weighted by Crippen LogP contribution is 2.54. The van der Waals surface area contributed by atoms with E-state index in [0.717, 1.165) is 29.8 Å². The summed E-state index contributed by atoms with van der Waals surface area (Å²) in [7, 11) is 0. The van der Waals surface area contributed by atoms with Crippen molar-refractivity contribution in [2.45, 2.75) is 70.8 Å². The number of carbonyl (C=O) groups excluding carboxylic acids is 1. The van der Waals surface area contributed by atoms with Gasteiger partial charge in [0.2, 0.25) is 0 Å². The van der Waals surface area contributed by atoms with E-state index in [1.165, 1.54) is 11.1 Å². The molecule has 1 aromatic carbocycles. The van der Waals surface area contributed by atoms with E-state index in [1.54, 1.807) is 0 Å². The highest BCUT2D eigenvalue weighted by molar-refractivity contribution is 6.31. The van der Waals surface area contributed by atoms with Gasteiger partial charge in [0, 0.05) is 24.0 Å². The summed E-state index contributed by atoms with van der Waals surface area (Å²) in [6, 6.07) is 6.72. The number of hydrogen-bond acceptors (Lipinski definition) is 3. The molecule has 2 unspecified atom stereocenters. The van der Waals surface area contributed by atoms with Crippen LogP contribution in [0.2, 0.25) is 5.02 Å². The monoisotopic (exact) mass is 388 g/mol. The first kappa shape index (κ1) is 20.0. The average Bonchev–Trinajstić information content (AvgIpc) is 2.87. The lowest BCUT2D eigenvalue weighted by atomic mass is 9.72. The summed E-state index contributed by atoms with van der Waals surface area (Å²) in [5, 5.41) is 10.3. The van der Waals surface area contributed by atoms with Crippen LogP contribution in [-0.4, -0.2) is 29.7 Å². The Kier molecular flexibility index (Phi) is 5.20. The van der Waals surface area contributed by atoms with Gasteiger partial charge in [-0.15, -0.1) is 0 Å². The Morgan fingerprint density at radius 1 is 1.37 bits per heavy atom. The number of halogens is 1. The number of likely N-dealkylation sites (tertiary alicyclic amines) is 1. The van der Waals surface area contributed by atoms with Crippen molar-refractivity contribution in [3.63, 3.8) is 0 Å². The molecule has 27 heavy (non-hydrogen) atoms. The highest BCUT2D eigenvalue weighted by Gasteiger charge is 2.48. The molecule has 0 saturated carbocycles. The first-order valence-electron chi connectivity index (χ1n) is 9.74. The Labute approximate surface area is 167 Å². The van der Waals surface area contributed by atoms with Crippen LogP contribution in [0.3, 0.4) is 0 Å². The molecule has 1 heterocycles. The van der Waals surface area contributed by atoms with Gasteiger partial charge in [-0.25, -0.2) is 4.79 Å². The zero-order chi connectivity index (χ0) is 20.0. The molecule has 1 fully saturated rings. The van der Waals surface area contributed by atoms with Crippen molar-refractivity contribution < 1.29 is 9.53 Å². The fraction of sp³-hybridized carbons (Fsp3) is 0.636. The first-order valence-corrected chi connectivity index (χ1v) is 10.1. The Balaban J connectivity index is 1.85. The van der Waals surface area contributed by atoms with Gasteiger partial charge in [-0.2, -0.15) is 5.26 Å². The number of rotatable bonds is 1. The maximum Gasteiger partial charge on any atom is 0.410 e. The van der Waals surface area contributed by atoms with Crippen LogP contribution in [0.25, 0.3) is 0 Å². The number of aryl methyl sites for hydroxylation is 1. The van der Waals surface area contributed by atoms with E-state index >= 15 is 0 Å². The molecule has 1 aliphatic heterocycles. The van der Waals surface area contributed by atoms with E-state index in [2.05, 4.69) is 18.2 Å². The van der Waals surface area contributed by atoms with Crippen LogP contribution in [0.4, 0.5) is 4.79 Å². The number of amides is 1. The van der Waals surface area contributed by atoms with E-state index in [1.807, 2.05) is 39.5 Å². The van der Waals surface area contributed by atoms with Gasteiger partial charge in [0.15, 0.2) is 0 Å². The molecule has 1 aliphatic carbocycles. The third-order valence-corrected chi connectivity index (χ3v) is 6.50. The number of nitriles is 1. The van der Waals surface area contributed by atoms with Gasteiger partial charge in [0.1, 0.15) is 5.60 Å². The molecule has 0 bridgehead atoms. The van der Waals surface area contributed by atoms with Crippen LogP contribution in [0.5, 0.6) is 0 Å². The summed E-state index contributed by atoms with van der Waals surface area (Å²) in [5.41, 5.74) is 3.14. The van der Waals surface area contributed by atoms with Gasteiger partial charge in [-0.05, 0) is 82.1 Å². The smallest absolute Gasteiger partial charge is 0.410 e. The fourth-order valence-electron chi connectivity index (χ4n) is 4.56. The zero-order valence-corrected chi connectivity index (χ0v) is 17.7. The molecule has 2 atom stereocenters. The summed E-state index contributed by atoms with van der Waals surface area (Å²) >= 11 is 6.46. The average molecular weight is 389 g/mol. The molecule has 4 nitrogen and oxygen atoms in total. The number of hydrogen-bond donors (Lipinski definition) is 0. The van der Waals surface area contributed by atoms with Crippen molar-refractivity contribution in [2.75, 3.05) is 13.1 Å². The van der Waals surface area contributed by atoms with E-state index in [4.69, 9.17) is 16.3 Å². The van der Waals surface area contributed by atoms with Crippen LogP contribution < -0.4 is 0 Å². The van der Waals surface area contributed by atoms with Crippen LogP contribution in [-0.2, 0) is 10.2 Å². The minimum absolute atomic E-state index is 0.000955. The summed E-state index contributed by atoms with van der Waals surface area (Å²) < 4.78 is 5.53. The third kappa shape index (κ3) is 3.80. The quantitative estimate of drug-likeness (QED) is 0.632. The number of carbonyl (C=O) groups is 1. The van der Waals surface area contributed by atoms with Crippen LogP contribution >= 0.6 is 11.6 Å². The number of fused-ring (bicyclic) bond motifs is 2. The molecule has 146 valence electrons. The SMILES string of the molecule is Cc1cc2c(cc1Cl)C1(CCN(C(=O)OC(C)(C)C)CC1)CC2C(C)C#N. The van der Waals surface area contributed by atoms with Gasteiger partial charge in [0.25, 0.3) is 0 Å². The van der Waals surface area contributed by atoms with Gasteiger partial charge < -0.3 is 9.64 Å². The molecular formula is C22H29ClN2O2. The molecule has 3 rings (SSSR count). The number of piperidine rings is 1. The molecule has 0 radical (unpaired) electrons. The lowest BCUT2D eigenvalue weighted by molar-refractivity contribution is 0.0161. The molecule has 1 spiro atoms. The predicted molar refractivity (Wildman–Crippen MR) is 107 cm³/mol. The lowest BCUT2D eigenvalue weighted by Gasteiger charge is -2.40. The maximum atomic E-state index is 12.4. The molecule has 0 aromatic heterocycles. The molecule has 1 amide bonds. The predicted octanol–water partition coefficient (Wildman–Crippen LogP) is 5.56. The largest absolute Gasteiger partial charge is 0.444 e. The molecule has 1 aromatic rings. The Hall–Kier alpha value is -1.73. The van der Waals surface area contributed by atoms with Crippen molar-refractivity contribution >= 4 is 17.7 Å². The Morgan fingerprint density at radius 3 is 2.56 bits per heavy atom. The minimum atomic E-state index is -0.482. The van der Waals surface area contributed by atoms with Crippen LogP contribution in [0.15, 0.2) is 12.1 Å². The van der Waals surface area contributed by atoms with Crippen LogP contribution in [0.1, 0.15) is 69.6 Å². The number of ether oxygens (including phenoxy) is 1. The second-order valence-corrected chi connectivity index (χ2v) is 9.57. The first-order chi connectivity index (χ1) is 12.6. The summed E-state index contributed by atoms with van der Waals surface area (Å²) in [5.74, 6) is 0.196. The van der Waals surface area contributed by atoms with Crippen molar-refractivity contribution in [3.8, 4) is 6.07 Å². The van der Waals surface area contributed by atoms with Gasteiger partial charge in [-0.1, -0.05) is 17.7 Å². The van der Waals surface area contributed by atoms with E-state index < -0.39 is 5.60 Å². The molecule has 0 N–H and O–H groups in total. The van der Waals surface area contributed by atoms with Crippen molar-refractivity contribution in [1.29, 1.82) is 5.26 Å². The zero-order valence-electron chi connectivity index (χ0n) is 16.9. The van der Waals surface area contributed by atoms with Gasteiger partial charge in [0.05, 0.1) is 12.0 Å². The van der Waals surface area contributed by atoms with Crippen LogP contribution in [0, 0.1) is 24.2 Å². The van der Waals surface area contributed by atoms with E-state index in [9.17, 15) is 10.1 Å². The summed E-state index contributed by atoms with van der Waals surface area (Å²) in [4.78, 5) is 14.2. The van der Waals surface area contributed by atoms with Crippen molar-refractivity contribution in [3.05, 3.63) is 33.8 Å². The van der Waals surface area contributed by atoms with Gasteiger partial charge in [-0.3, -0.25) is 0 Å². The molecule has 1 saturated heterocycles. The Bertz CT molecular complexity index is 783. The minimum Gasteiger partial charge on any atom is -0.444 e. The standard InChI is InChI=1S/C22H29ClN2O2/c1-14-10-16-17(15(2)13-24)12-22(18(16)11-19(14)23)6-8-25(9-7-22)20(26)27-21(3,4)5/h10-11,15,17H,6-9,12H2,1-5H3. The number of benzene rings is 1. The maximum absolute atomic E-state index is 12.4.